The Hall–Kier alpha value is -2.49. The maximum Gasteiger partial charge on any atom is 0.340 e. The molecule has 10 heteroatoms. The van der Waals surface area contributed by atoms with Crippen molar-refractivity contribution in [1.29, 1.82) is 5.41 Å². The van der Waals surface area contributed by atoms with Crippen LogP contribution in [0.2, 0.25) is 5.02 Å². The molecule has 0 spiro atoms. The van der Waals surface area contributed by atoms with Gasteiger partial charge in [0.25, 0.3) is 0 Å². The Morgan fingerprint density at radius 1 is 1.30 bits per heavy atom. The predicted molar refractivity (Wildman–Crippen MR) is 114 cm³/mol. The van der Waals surface area contributed by atoms with Gasteiger partial charge in [0.1, 0.15) is 4.90 Å². The summed E-state index contributed by atoms with van der Waals surface area (Å²) in [6.45, 7) is 0.910. The van der Waals surface area contributed by atoms with Crippen molar-refractivity contribution in [2.24, 2.45) is 5.73 Å². The summed E-state index contributed by atoms with van der Waals surface area (Å²) < 4.78 is 36.6. The van der Waals surface area contributed by atoms with E-state index in [4.69, 9.17) is 31.7 Å². The second kappa shape index (κ2) is 9.11. The first kappa shape index (κ1) is 22.2. The normalized spacial score (nSPS) is 15.1. The Bertz CT molecular complexity index is 1040. The van der Waals surface area contributed by atoms with Crippen LogP contribution in [0.15, 0.2) is 41.3 Å². The number of hydrogen-bond acceptors (Lipinski definition) is 6. The monoisotopic (exact) mass is 453 g/mol. The van der Waals surface area contributed by atoms with Gasteiger partial charge in [-0.2, -0.15) is 8.42 Å². The first-order valence-electron chi connectivity index (χ1n) is 9.36. The number of aliphatic hydroxyl groups excluding tert-OH is 1. The molecule has 1 fully saturated rings. The molecule has 0 aromatic heterocycles. The Morgan fingerprint density at radius 2 is 1.97 bits per heavy atom. The Morgan fingerprint density at radius 3 is 2.53 bits per heavy atom. The zero-order valence-electron chi connectivity index (χ0n) is 16.5. The van der Waals surface area contributed by atoms with Crippen LogP contribution in [0.25, 0.3) is 0 Å². The highest BCUT2D eigenvalue weighted by Crippen LogP contribution is 2.42. The van der Waals surface area contributed by atoms with E-state index in [0.717, 1.165) is 5.56 Å². The van der Waals surface area contributed by atoms with Gasteiger partial charge in [-0.25, -0.2) is 0 Å². The van der Waals surface area contributed by atoms with Crippen molar-refractivity contribution in [2.75, 3.05) is 20.2 Å². The first-order chi connectivity index (χ1) is 14.3. The highest BCUT2D eigenvalue weighted by Gasteiger charge is 2.28. The second-order valence-electron chi connectivity index (χ2n) is 6.99. The van der Waals surface area contributed by atoms with Crippen LogP contribution in [-0.2, 0) is 16.7 Å². The fourth-order valence-electron chi connectivity index (χ4n) is 3.60. The molecule has 0 radical (unpaired) electrons. The van der Waals surface area contributed by atoms with Crippen molar-refractivity contribution in [1.82, 2.24) is 4.90 Å². The summed E-state index contributed by atoms with van der Waals surface area (Å²) >= 11 is 6.04. The molecule has 2 aromatic carbocycles. The first-order valence-corrected chi connectivity index (χ1v) is 11.1. The van der Waals surface area contributed by atoms with Crippen LogP contribution in [0.1, 0.15) is 29.9 Å². The third kappa shape index (κ3) is 4.63. The van der Waals surface area contributed by atoms with E-state index in [1.807, 2.05) is 0 Å². The summed E-state index contributed by atoms with van der Waals surface area (Å²) in [5, 5.41) is 17.3. The van der Waals surface area contributed by atoms with Gasteiger partial charge in [0.2, 0.25) is 0 Å². The van der Waals surface area contributed by atoms with Crippen molar-refractivity contribution in [2.45, 2.75) is 30.3 Å². The summed E-state index contributed by atoms with van der Waals surface area (Å²) in [7, 11) is -2.77. The summed E-state index contributed by atoms with van der Waals surface area (Å²) in [5.41, 5.74) is 6.82. The van der Waals surface area contributed by atoms with Crippen LogP contribution < -0.4 is 14.7 Å². The molecule has 0 amide bonds. The van der Waals surface area contributed by atoms with E-state index in [2.05, 4.69) is 0 Å². The average molecular weight is 454 g/mol. The number of aliphatic hydroxyl groups is 1. The van der Waals surface area contributed by atoms with Gasteiger partial charge in [-0.05, 0) is 48.6 Å². The average Bonchev–Trinajstić information content (AvgIpc) is 2.73. The number of guanidine groups is 1. The topological polar surface area (TPSA) is 126 Å². The van der Waals surface area contributed by atoms with Gasteiger partial charge >= 0.3 is 10.1 Å². The highest BCUT2D eigenvalue weighted by atomic mass is 35.5. The minimum atomic E-state index is -4.22. The molecule has 4 N–H and O–H groups in total. The molecule has 1 aliphatic rings. The van der Waals surface area contributed by atoms with Crippen molar-refractivity contribution in [3.8, 4) is 11.5 Å². The van der Waals surface area contributed by atoms with E-state index in [1.54, 1.807) is 23.1 Å². The molecular weight excluding hydrogens is 430 g/mol. The molecule has 3 rings (SSSR count). The SMILES string of the molecule is COc1c(OS(=O)(=O)c2ccccc2Cl)cc(CO)cc1C1CCN(C(=N)N)CC1. The summed E-state index contributed by atoms with van der Waals surface area (Å²) in [6.07, 6.45) is 1.39. The molecule has 1 saturated heterocycles. The molecule has 0 unspecified atom stereocenters. The zero-order chi connectivity index (χ0) is 21.9. The van der Waals surface area contributed by atoms with E-state index in [0.29, 0.717) is 37.2 Å². The number of likely N-dealkylation sites (tertiary alicyclic amines) is 1. The third-order valence-electron chi connectivity index (χ3n) is 5.11. The smallest absolute Gasteiger partial charge is 0.340 e. The number of nitrogens with one attached hydrogen (secondary N) is 1. The lowest BCUT2D eigenvalue weighted by molar-refractivity contribution is 0.279. The number of benzene rings is 2. The molecule has 2 aromatic rings. The zero-order valence-corrected chi connectivity index (χ0v) is 18.0. The minimum Gasteiger partial charge on any atom is -0.492 e. The van der Waals surface area contributed by atoms with Crippen LogP contribution in [0.3, 0.4) is 0 Å². The number of methoxy groups -OCH3 is 1. The highest BCUT2D eigenvalue weighted by molar-refractivity contribution is 7.87. The molecule has 0 saturated carbocycles. The predicted octanol–water partition coefficient (Wildman–Crippen LogP) is 2.68. The molecule has 1 aliphatic heterocycles. The molecule has 0 atom stereocenters. The number of nitrogens with two attached hydrogens (primary N) is 1. The van der Waals surface area contributed by atoms with Crippen molar-refractivity contribution < 1.29 is 22.4 Å². The van der Waals surface area contributed by atoms with Gasteiger partial charge in [0.05, 0.1) is 18.7 Å². The van der Waals surface area contributed by atoms with Gasteiger partial charge in [-0.3, -0.25) is 5.41 Å². The lowest BCUT2D eigenvalue weighted by atomic mass is 9.87. The number of nitrogens with zero attached hydrogens (tertiary/aromatic N) is 1. The lowest BCUT2D eigenvalue weighted by Gasteiger charge is -2.33. The van der Waals surface area contributed by atoms with Gasteiger partial charge < -0.3 is 24.7 Å². The van der Waals surface area contributed by atoms with Gasteiger partial charge in [0, 0.05) is 18.7 Å². The molecule has 162 valence electrons. The maximum atomic E-state index is 12.8. The van der Waals surface area contributed by atoms with E-state index in [9.17, 15) is 13.5 Å². The maximum absolute atomic E-state index is 12.8. The van der Waals surface area contributed by atoms with Crippen LogP contribution in [-0.4, -0.2) is 44.6 Å². The fourth-order valence-corrected chi connectivity index (χ4v) is 5.02. The number of piperidine rings is 1. The van der Waals surface area contributed by atoms with Crippen LogP contribution in [0.4, 0.5) is 0 Å². The molecular formula is C20H24ClN3O5S. The minimum absolute atomic E-state index is 0.00651. The standard InChI is InChI=1S/C20H24ClN3O5S/c1-28-19-15(14-6-8-24(9-7-14)20(22)23)10-13(12-25)11-17(19)29-30(26,27)18-5-3-2-4-16(18)21/h2-5,10-11,14,25H,6-9,12H2,1H3,(H3,22,23). The molecule has 1 heterocycles. The van der Waals surface area contributed by atoms with Crippen LogP contribution >= 0.6 is 11.6 Å². The number of rotatable bonds is 6. The van der Waals surface area contributed by atoms with Crippen LogP contribution in [0.5, 0.6) is 11.5 Å². The fraction of sp³-hybridized carbons (Fsp3) is 0.350. The molecule has 8 nitrogen and oxygen atoms in total. The molecule has 0 bridgehead atoms. The van der Waals surface area contributed by atoms with Gasteiger partial charge in [0.15, 0.2) is 17.5 Å². The third-order valence-corrected chi connectivity index (χ3v) is 6.85. The summed E-state index contributed by atoms with van der Waals surface area (Å²) in [5.74, 6) is 0.351. The van der Waals surface area contributed by atoms with Gasteiger partial charge in [-0.1, -0.05) is 23.7 Å². The van der Waals surface area contributed by atoms with Crippen LogP contribution in [0, 0.1) is 5.41 Å². The Balaban J connectivity index is 1.98. The number of halogens is 1. The summed E-state index contributed by atoms with van der Waals surface area (Å²) in [6, 6.07) is 9.24. The number of ether oxygens (including phenoxy) is 1. The van der Waals surface area contributed by atoms with Crippen molar-refractivity contribution in [3.05, 3.63) is 52.5 Å². The van der Waals surface area contributed by atoms with E-state index >= 15 is 0 Å². The number of hydrogen-bond donors (Lipinski definition) is 3. The van der Waals surface area contributed by atoms with E-state index in [1.165, 1.54) is 25.3 Å². The lowest BCUT2D eigenvalue weighted by Crippen LogP contribution is -2.41. The van der Waals surface area contributed by atoms with E-state index in [-0.39, 0.29) is 34.2 Å². The Kier molecular flexibility index (Phi) is 6.74. The van der Waals surface area contributed by atoms with Crippen molar-refractivity contribution >= 4 is 27.7 Å². The van der Waals surface area contributed by atoms with Crippen molar-refractivity contribution in [3.63, 3.8) is 0 Å². The van der Waals surface area contributed by atoms with E-state index < -0.39 is 10.1 Å². The quantitative estimate of drug-likeness (QED) is 0.348. The molecule has 0 aliphatic carbocycles. The molecule has 30 heavy (non-hydrogen) atoms. The Labute approximate surface area is 180 Å². The largest absolute Gasteiger partial charge is 0.492 e. The summed E-state index contributed by atoms with van der Waals surface area (Å²) in [4.78, 5) is 1.62. The second-order valence-corrected chi connectivity index (χ2v) is 8.91. The van der Waals surface area contributed by atoms with Gasteiger partial charge in [-0.15, -0.1) is 0 Å².